The summed E-state index contributed by atoms with van der Waals surface area (Å²) in [6.07, 6.45) is 4.84. The van der Waals surface area contributed by atoms with Crippen LogP contribution in [0, 0.1) is 6.92 Å². The van der Waals surface area contributed by atoms with Gasteiger partial charge < -0.3 is 5.32 Å². The van der Waals surface area contributed by atoms with Crippen LogP contribution in [-0.2, 0) is 16.4 Å². The number of nitrogens with one attached hydrogen (secondary N) is 1. The van der Waals surface area contributed by atoms with Crippen molar-refractivity contribution in [3.63, 3.8) is 0 Å². The zero-order valence-electron chi connectivity index (χ0n) is 12.5. The third-order valence-corrected chi connectivity index (χ3v) is 4.70. The molecule has 0 bridgehead atoms. The quantitative estimate of drug-likeness (QED) is 0.922. The Morgan fingerprint density at radius 3 is 2.62 bits per heavy atom. The van der Waals surface area contributed by atoms with E-state index in [-0.39, 0.29) is 6.04 Å². The molecule has 0 saturated carbocycles. The highest BCUT2D eigenvalue weighted by molar-refractivity contribution is 7.90. The number of nitrogens with zero attached hydrogens (tertiary/aromatic N) is 1. The predicted octanol–water partition coefficient (Wildman–Crippen LogP) is 2.64. The number of aryl methyl sites for hydroxylation is 1. The van der Waals surface area contributed by atoms with Gasteiger partial charge in [0, 0.05) is 31.2 Å². The Balaban J connectivity index is 2.16. The van der Waals surface area contributed by atoms with Crippen LogP contribution in [0.1, 0.15) is 29.7 Å². The Hall–Kier alpha value is -1.72. The molecule has 0 amide bonds. The van der Waals surface area contributed by atoms with E-state index in [2.05, 4.69) is 17.2 Å². The number of aromatic nitrogens is 1. The number of hydrogen-bond acceptors (Lipinski definition) is 4. The van der Waals surface area contributed by atoms with E-state index in [1.54, 1.807) is 18.3 Å². The largest absolute Gasteiger partial charge is 0.306 e. The summed E-state index contributed by atoms with van der Waals surface area (Å²) in [5, 5.41) is 3.38. The molecule has 112 valence electrons. The maximum Gasteiger partial charge on any atom is 0.175 e. The summed E-state index contributed by atoms with van der Waals surface area (Å²) >= 11 is 0. The standard InChI is InChI=1S/C16H20N2O2S/c1-12-10-17-9-8-15(12)13(2)18-11-14-6-4-5-7-16(14)21(3,19)20/h4-10,13,18H,11H2,1-3H3. The van der Waals surface area contributed by atoms with Crippen LogP contribution in [0.5, 0.6) is 0 Å². The Kier molecular flexibility index (Phi) is 4.75. The van der Waals surface area contributed by atoms with Crippen LogP contribution in [0.3, 0.4) is 0 Å². The van der Waals surface area contributed by atoms with Gasteiger partial charge in [-0.05, 0) is 42.7 Å². The summed E-state index contributed by atoms with van der Waals surface area (Å²) in [4.78, 5) is 4.47. The van der Waals surface area contributed by atoms with Crippen molar-refractivity contribution < 1.29 is 8.42 Å². The highest BCUT2D eigenvalue weighted by atomic mass is 32.2. The molecule has 1 heterocycles. The smallest absolute Gasteiger partial charge is 0.175 e. The van der Waals surface area contributed by atoms with Crippen molar-refractivity contribution in [2.75, 3.05) is 6.26 Å². The summed E-state index contributed by atoms with van der Waals surface area (Å²) in [7, 11) is -3.20. The summed E-state index contributed by atoms with van der Waals surface area (Å²) < 4.78 is 23.6. The van der Waals surface area contributed by atoms with E-state index in [1.165, 1.54) is 11.8 Å². The fourth-order valence-electron chi connectivity index (χ4n) is 2.35. The Bertz CT molecular complexity index is 727. The summed E-state index contributed by atoms with van der Waals surface area (Å²) in [5.74, 6) is 0. The van der Waals surface area contributed by atoms with E-state index < -0.39 is 9.84 Å². The lowest BCUT2D eigenvalue weighted by molar-refractivity contribution is 0.563. The van der Waals surface area contributed by atoms with E-state index >= 15 is 0 Å². The minimum absolute atomic E-state index is 0.126. The molecule has 2 rings (SSSR count). The predicted molar refractivity (Wildman–Crippen MR) is 83.8 cm³/mol. The lowest BCUT2D eigenvalue weighted by Crippen LogP contribution is -2.20. The Morgan fingerprint density at radius 2 is 1.95 bits per heavy atom. The van der Waals surface area contributed by atoms with Crippen molar-refractivity contribution in [2.24, 2.45) is 0 Å². The molecule has 0 fully saturated rings. The van der Waals surface area contributed by atoms with Crippen LogP contribution in [0.2, 0.25) is 0 Å². The first-order valence-electron chi connectivity index (χ1n) is 6.81. The van der Waals surface area contributed by atoms with Crippen LogP contribution in [-0.4, -0.2) is 19.7 Å². The fourth-order valence-corrected chi connectivity index (χ4v) is 3.30. The lowest BCUT2D eigenvalue weighted by Gasteiger charge is -2.17. The second kappa shape index (κ2) is 6.37. The molecule has 2 aromatic rings. The van der Waals surface area contributed by atoms with E-state index in [0.29, 0.717) is 11.4 Å². The fraction of sp³-hybridized carbons (Fsp3) is 0.312. The molecule has 1 aromatic carbocycles. The third kappa shape index (κ3) is 3.89. The first-order valence-corrected chi connectivity index (χ1v) is 8.70. The van der Waals surface area contributed by atoms with E-state index in [0.717, 1.165) is 11.1 Å². The SMILES string of the molecule is Cc1cnccc1C(C)NCc1ccccc1S(C)(=O)=O. The molecule has 5 heteroatoms. The molecule has 0 saturated heterocycles. The molecule has 0 aliphatic rings. The first-order chi connectivity index (χ1) is 9.89. The molecule has 1 atom stereocenters. The number of hydrogen-bond donors (Lipinski definition) is 1. The van der Waals surface area contributed by atoms with Crippen molar-refractivity contribution in [1.29, 1.82) is 0 Å². The molecule has 0 aliphatic carbocycles. The van der Waals surface area contributed by atoms with Gasteiger partial charge in [0.2, 0.25) is 0 Å². The number of benzene rings is 1. The highest BCUT2D eigenvalue weighted by Crippen LogP contribution is 2.19. The van der Waals surface area contributed by atoms with E-state index in [4.69, 9.17) is 0 Å². The van der Waals surface area contributed by atoms with Gasteiger partial charge in [-0.3, -0.25) is 4.98 Å². The van der Waals surface area contributed by atoms with Crippen LogP contribution >= 0.6 is 0 Å². The van der Waals surface area contributed by atoms with Gasteiger partial charge in [-0.25, -0.2) is 8.42 Å². The van der Waals surface area contributed by atoms with E-state index in [1.807, 2.05) is 31.3 Å². The van der Waals surface area contributed by atoms with Crippen molar-refractivity contribution in [1.82, 2.24) is 10.3 Å². The van der Waals surface area contributed by atoms with Gasteiger partial charge in [-0.1, -0.05) is 18.2 Å². The molecule has 21 heavy (non-hydrogen) atoms. The highest BCUT2D eigenvalue weighted by Gasteiger charge is 2.14. The molecule has 0 radical (unpaired) electrons. The molecule has 1 aromatic heterocycles. The summed E-state index contributed by atoms with van der Waals surface area (Å²) in [6.45, 7) is 4.59. The third-order valence-electron chi connectivity index (χ3n) is 3.50. The number of pyridine rings is 1. The maximum absolute atomic E-state index is 11.8. The van der Waals surface area contributed by atoms with Gasteiger partial charge >= 0.3 is 0 Å². The second-order valence-corrected chi connectivity index (χ2v) is 7.20. The molecule has 0 aliphatic heterocycles. The van der Waals surface area contributed by atoms with Crippen molar-refractivity contribution >= 4 is 9.84 Å². The molecule has 1 N–H and O–H groups in total. The van der Waals surface area contributed by atoms with Gasteiger partial charge in [0.1, 0.15) is 0 Å². The van der Waals surface area contributed by atoms with Crippen LogP contribution < -0.4 is 5.32 Å². The average molecular weight is 304 g/mol. The van der Waals surface area contributed by atoms with Crippen LogP contribution in [0.25, 0.3) is 0 Å². The van der Waals surface area contributed by atoms with Gasteiger partial charge in [0.15, 0.2) is 9.84 Å². The first kappa shape index (κ1) is 15.7. The van der Waals surface area contributed by atoms with Crippen molar-refractivity contribution in [2.45, 2.75) is 31.3 Å². The van der Waals surface area contributed by atoms with Crippen LogP contribution in [0.4, 0.5) is 0 Å². The summed E-state index contributed by atoms with van der Waals surface area (Å²) in [5.41, 5.74) is 3.08. The second-order valence-electron chi connectivity index (χ2n) is 5.21. The normalized spacial score (nSPS) is 13.1. The van der Waals surface area contributed by atoms with Crippen molar-refractivity contribution in [3.05, 3.63) is 59.4 Å². The van der Waals surface area contributed by atoms with E-state index in [9.17, 15) is 8.42 Å². The molecule has 0 spiro atoms. The van der Waals surface area contributed by atoms with Gasteiger partial charge in [0.25, 0.3) is 0 Å². The monoisotopic (exact) mass is 304 g/mol. The topological polar surface area (TPSA) is 59.1 Å². The zero-order chi connectivity index (χ0) is 15.5. The van der Waals surface area contributed by atoms with Gasteiger partial charge in [-0.2, -0.15) is 0 Å². The number of rotatable bonds is 5. The maximum atomic E-state index is 11.8. The minimum Gasteiger partial charge on any atom is -0.306 e. The molecular formula is C16H20N2O2S. The Morgan fingerprint density at radius 1 is 1.24 bits per heavy atom. The van der Waals surface area contributed by atoms with Gasteiger partial charge in [0.05, 0.1) is 4.90 Å². The molecular weight excluding hydrogens is 284 g/mol. The average Bonchev–Trinajstić information content (AvgIpc) is 2.44. The zero-order valence-corrected chi connectivity index (χ0v) is 13.3. The lowest BCUT2D eigenvalue weighted by atomic mass is 10.0. The summed E-state index contributed by atoms with van der Waals surface area (Å²) in [6, 6.07) is 9.20. The van der Waals surface area contributed by atoms with Crippen LogP contribution in [0.15, 0.2) is 47.6 Å². The minimum atomic E-state index is -3.20. The number of sulfone groups is 1. The van der Waals surface area contributed by atoms with Gasteiger partial charge in [-0.15, -0.1) is 0 Å². The van der Waals surface area contributed by atoms with Crippen molar-refractivity contribution in [3.8, 4) is 0 Å². The Labute approximate surface area is 126 Å². The molecule has 1 unspecified atom stereocenters. The molecule has 4 nitrogen and oxygen atoms in total.